The Labute approximate surface area is 146 Å². The van der Waals surface area contributed by atoms with Crippen LogP contribution >= 0.6 is 11.6 Å². The van der Waals surface area contributed by atoms with Crippen LogP contribution in [0.5, 0.6) is 0 Å². The molecule has 1 atom stereocenters. The molecule has 0 radical (unpaired) electrons. The topological polar surface area (TPSA) is 49.4 Å². The number of rotatable bonds is 4. The van der Waals surface area contributed by atoms with E-state index < -0.39 is 0 Å². The second kappa shape index (κ2) is 7.05. The first kappa shape index (κ1) is 16.5. The van der Waals surface area contributed by atoms with Crippen LogP contribution in [0, 0.1) is 0 Å². The summed E-state index contributed by atoms with van der Waals surface area (Å²) in [6, 6.07) is 14.4. The maximum atomic E-state index is 12.4. The first-order chi connectivity index (χ1) is 11.5. The van der Waals surface area contributed by atoms with E-state index in [0.29, 0.717) is 17.0 Å². The molecule has 1 saturated heterocycles. The first-order valence-electron chi connectivity index (χ1n) is 8.01. The van der Waals surface area contributed by atoms with Crippen LogP contribution < -0.4 is 10.2 Å². The third-order valence-electron chi connectivity index (χ3n) is 4.21. The van der Waals surface area contributed by atoms with Gasteiger partial charge in [0.1, 0.15) is 0 Å². The molecule has 5 heteroatoms. The van der Waals surface area contributed by atoms with Crippen molar-refractivity contribution in [3.8, 4) is 0 Å². The number of anilines is 1. The van der Waals surface area contributed by atoms with Crippen LogP contribution in [0.3, 0.4) is 0 Å². The fraction of sp³-hybridized carbons (Fsp3) is 0.263. The van der Waals surface area contributed by atoms with Gasteiger partial charge in [0.2, 0.25) is 5.91 Å². The monoisotopic (exact) mass is 342 g/mol. The normalized spacial score (nSPS) is 15.4. The van der Waals surface area contributed by atoms with E-state index in [-0.39, 0.29) is 17.9 Å². The van der Waals surface area contributed by atoms with Gasteiger partial charge in [-0.2, -0.15) is 0 Å². The lowest BCUT2D eigenvalue weighted by Gasteiger charge is -2.17. The Kier molecular flexibility index (Phi) is 4.86. The summed E-state index contributed by atoms with van der Waals surface area (Å²) in [5.74, 6) is -0.0106. The number of hydrogen-bond acceptors (Lipinski definition) is 2. The molecule has 2 aromatic carbocycles. The first-order valence-corrected chi connectivity index (χ1v) is 8.39. The van der Waals surface area contributed by atoms with Crippen LogP contribution in [-0.4, -0.2) is 18.4 Å². The maximum absolute atomic E-state index is 12.4. The third kappa shape index (κ3) is 3.60. The summed E-state index contributed by atoms with van der Waals surface area (Å²) in [6.07, 6.45) is 1.48. The van der Waals surface area contributed by atoms with Crippen LogP contribution in [0.2, 0.25) is 5.02 Å². The highest BCUT2D eigenvalue weighted by molar-refractivity contribution is 6.30. The second-order valence-corrected chi connectivity index (χ2v) is 6.38. The highest BCUT2D eigenvalue weighted by Crippen LogP contribution is 2.22. The molecule has 1 aliphatic rings. The standard InChI is InChI=1S/C19H19ClN2O2/c1-13(15-4-2-5-16(20)12-15)21-19(24)14-7-9-17(10-8-14)22-11-3-6-18(22)23/h2,4-5,7-10,12-13H,3,6,11H2,1H3,(H,21,24)/t13-/m1/s1. The zero-order chi connectivity index (χ0) is 17.1. The van der Waals surface area contributed by atoms with Gasteiger partial charge in [-0.25, -0.2) is 0 Å². The van der Waals surface area contributed by atoms with Crippen molar-refractivity contribution in [2.24, 2.45) is 0 Å². The average Bonchev–Trinajstić information content (AvgIpc) is 3.01. The minimum absolute atomic E-state index is 0.141. The van der Waals surface area contributed by atoms with Gasteiger partial charge >= 0.3 is 0 Å². The number of amides is 2. The Balaban J connectivity index is 1.68. The van der Waals surface area contributed by atoms with Gasteiger partial charge in [-0.1, -0.05) is 23.7 Å². The van der Waals surface area contributed by atoms with E-state index >= 15 is 0 Å². The number of nitrogens with one attached hydrogen (secondary N) is 1. The Morgan fingerprint density at radius 1 is 1.21 bits per heavy atom. The molecule has 3 rings (SSSR count). The lowest BCUT2D eigenvalue weighted by atomic mass is 10.1. The van der Waals surface area contributed by atoms with E-state index in [1.807, 2.05) is 37.3 Å². The predicted molar refractivity (Wildman–Crippen MR) is 95.4 cm³/mol. The summed E-state index contributed by atoms with van der Waals surface area (Å²) in [5, 5.41) is 3.61. The SMILES string of the molecule is C[C@@H](NC(=O)c1ccc(N2CCCC2=O)cc1)c1cccc(Cl)c1. The summed E-state index contributed by atoms with van der Waals surface area (Å²) in [7, 11) is 0. The fourth-order valence-corrected chi connectivity index (χ4v) is 3.05. The van der Waals surface area contributed by atoms with Crippen molar-refractivity contribution in [2.45, 2.75) is 25.8 Å². The third-order valence-corrected chi connectivity index (χ3v) is 4.45. The van der Waals surface area contributed by atoms with Crippen LogP contribution in [0.4, 0.5) is 5.69 Å². The van der Waals surface area contributed by atoms with Crippen LogP contribution in [0.15, 0.2) is 48.5 Å². The maximum Gasteiger partial charge on any atom is 0.251 e. The van der Waals surface area contributed by atoms with Gasteiger partial charge in [0.25, 0.3) is 5.91 Å². The minimum Gasteiger partial charge on any atom is -0.346 e. The molecule has 24 heavy (non-hydrogen) atoms. The molecule has 1 heterocycles. The minimum atomic E-state index is -0.151. The van der Waals surface area contributed by atoms with Gasteiger partial charge < -0.3 is 10.2 Å². The summed E-state index contributed by atoms with van der Waals surface area (Å²) in [6.45, 7) is 2.66. The molecule has 4 nitrogen and oxygen atoms in total. The van der Waals surface area contributed by atoms with Crippen molar-refractivity contribution < 1.29 is 9.59 Å². The van der Waals surface area contributed by atoms with Crippen molar-refractivity contribution in [3.63, 3.8) is 0 Å². The fourth-order valence-electron chi connectivity index (χ4n) is 2.85. The largest absolute Gasteiger partial charge is 0.346 e. The van der Waals surface area contributed by atoms with Gasteiger partial charge in [0, 0.05) is 29.2 Å². The number of nitrogens with zero attached hydrogens (tertiary/aromatic N) is 1. The van der Waals surface area contributed by atoms with E-state index in [1.54, 1.807) is 23.1 Å². The molecular weight excluding hydrogens is 324 g/mol. The molecule has 0 aliphatic carbocycles. The van der Waals surface area contributed by atoms with E-state index in [2.05, 4.69) is 5.32 Å². The van der Waals surface area contributed by atoms with E-state index in [9.17, 15) is 9.59 Å². The smallest absolute Gasteiger partial charge is 0.251 e. The molecule has 124 valence electrons. The molecular formula is C19H19ClN2O2. The van der Waals surface area contributed by atoms with E-state index in [0.717, 1.165) is 24.2 Å². The van der Waals surface area contributed by atoms with Crippen LogP contribution in [-0.2, 0) is 4.79 Å². The van der Waals surface area contributed by atoms with E-state index in [4.69, 9.17) is 11.6 Å². The predicted octanol–water partition coefficient (Wildman–Crippen LogP) is 3.96. The summed E-state index contributed by atoms with van der Waals surface area (Å²) < 4.78 is 0. The van der Waals surface area contributed by atoms with Crippen molar-refractivity contribution in [1.82, 2.24) is 5.32 Å². The summed E-state index contributed by atoms with van der Waals surface area (Å²) in [4.78, 5) is 25.9. The molecule has 0 saturated carbocycles. The zero-order valence-corrected chi connectivity index (χ0v) is 14.2. The molecule has 2 aromatic rings. The Hall–Kier alpha value is -2.33. The number of halogens is 1. The Bertz CT molecular complexity index is 758. The van der Waals surface area contributed by atoms with E-state index in [1.165, 1.54) is 0 Å². The molecule has 1 fully saturated rings. The number of benzene rings is 2. The van der Waals surface area contributed by atoms with Gasteiger partial charge in [-0.05, 0) is 55.3 Å². The number of carbonyl (C=O) groups excluding carboxylic acids is 2. The number of carbonyl (C=O) groups is 2. The highest BCUT2D eigenvalue weighted by atomic mass is 35.5. The molecule has 0 unspecified atom stereocenters. The van der Waals surface area contributed by atoms with Crippen molar-refractivity contribution >= 4 is 29.1 Å². The molecule has 0 aromatic heterocycles. The summed E-state index contributed by atoms with van der Waals surface area (Å²) >= 11 is 5.99. The highest BCUT2D eigenvalue weighted by Gasteiger charge is 2.21. The Morgan fingerprint density at radius 2 is 1.96 bits per heavy atom. The zero-order valence-electron chi connectivity index (χ0n) is 13.5. The van der Waals surface area contributed by atoms with Crippen LogP contribution in [0.25, 0.3) is 0 Å². The Morgan fingerprint density at radius 3 is 2.58 bits per heavy atom. The molecule has 1 aliphatic heterocycles. The molecule has 0 bridgehead atoms. The van der Waals surface area contributed by atoms with Gasteiger partial charge in [-0.15, -0.1) is 0 Å². The van der Waals surface area contributed by atoms with Crippen LogP contribution in [0.1, 0.15) is 41.7 Å². The van der Waals surface area contributed by atoms with Gasteiger partial charge in [0.05, 0.1) is 6.04 Å². The second-order valence-electron chi connectivity index (χ2n) is 5.95. The van der Waals surface area contributed by atoms with Crippen molar-refractivity contribution in [3.05, 3.63) is 64.7 Å². The van der Waals surface area contributed by atoms with Gasteiger partial charge in [-0.3, -0.25) is 9.59 Å². The summed E-state index contributed by atoms with van der Waals surface area (Å²) in [5.41, 5.74) is 2.37. The molecule has 1 N–H and O–H groups in total. The lowest BCUT2D eigenvalue weighted by Crippen LogP contribution is -2.27. The van der Waals surface area contributed by atoms with Gasteiger partial charge in [0.15, 0.2) is 0 Å². The number of hydrogen-bond donors (Lipinski definition) is 1. The molecule has 2 amide bonds. The van der Waals surface area contributed by atoms with Crippen molar-refractivity contribution in [1.29, 1.82) is 0 Å². The quantitative estimate of drug-likeness (QED) is 0.914. The molecule has 0 spiro atoms. The van der Waals surface area contributed by atoms with Crippen molar-refractivity contribution in [2.75, 3.05) is 11.4 Å². The lowest BCUT2D eigenvalue weighted by molar-refractivity contribution is -0.117. The average molecular weight is 343 g/mol.